The molecule has 2 heterocycles. The first kappa shape index (κ1) is 17.4. The first-order chi connectivity index (χ1) is 9.00. The van der Waals surface area contributed by atoms with E-state index in [1.165, 1.54) is 32.1 Å². The molecule has 2 rings (SSSR count). The molecule has 6 heteroatoms. The summed E-state index contributed by atoms with van der Waals surface area (Å²) in [5.41, 5.74) is 5.45. The van der Waals surface area contributed by atoms with Gasteiger partial charge in [0.15, 0.2) is 5.82 Å². The molecule has 1 aliphatic heterocycles. The Bertz CT molecular complexity index is 402. The van der Waals surface area contributed by atoms with E-state index in [0.29, 0.717) is 17.8 Å². The topological polar surface area (TPSA) is 68.2 Å². The van der Waals surface area contributed by atoms with Crippen molar-refractivity contribution in [3.63, 3.8) is 0 Å². The molecule has 116 valence electrons. The number of nitrogens with two attached hydrogens (primary N) is 1. The van der Waals surface area contributed by atoms with Gasteiger partial charge in [-0.05, 0) is 39.7 Å². The summed E-state index contributed by atoms with van der Waals surface area (Å²) in [5, 5.41) is 3.99. The Morgan fingerprint density at radius 1 is 1.35 bits per heavy atom. The van der Waals surface area contributed by atoms with E-state index >= 15 is 0 Å². The minimum Gasteiger partial charge on any atom is -0.338 e. The highest BCUT2D eigenvalue weighted by molar-refractivity contribution is 5.85. The first-order valence-corrected chi connectivity index (χ1v) is 7.36. The molecule has 0 amide bonds. The number of aromatic nitrogens is 2. The lowest BCUT2D eigenvalue weighted by Gasteiger charge is -2.27. The van der Waals surface area contributed by atoms with Crippen LogP contribution in [0.4, 0.5) is 0 Å². The predicted molar refractivity (Wildman–Crippen MR) is 81.7 cm³/mol. The van der Waals surface area contributed by atoms with Crippen LogP contribution >= 0.6 is 12.4 Å². The van der Waals surface area contributed by atoms with Gasteiger partial charge in [-0.25, -0.2) is 0 Å². The molecule has 0 aromatic carbocycles. The van der Waals surface area contributed by atoms with Crippen LogP contribution in [-0.4, -0.2) is 27.6 Å². The third-order valence-electron chi connectivity index (χ3n) is 3.85. The van der Waals surface area contributed by atoms with Crippen molar-refractivity contribution in [3.05, 3.63) is 11.7 Å². The van der Waals surface area contributed by atoms with Gasteiger partial charge in [-0.2, -0.15) is 4.98 Å². The average Bonchev–Trinajstić information content (AvgIpc) is 2.70. The zero-order chi connectivity index (χ0) is 13.9. The van der Waals surface area contributed by atoms with E-state index in [1.54, 1.807) is 0 Å². The van der Waals surface area contributed by atoms with Crippen molar-refractivity contribution >= 4 is 12.4 Å². The Kier molecular flexibility index (Phi) is 6.43. The maximum atomic E-state index is 5.98. The van der Waals surface area contributed by atoms with Crippen molar-refractivity contribution in [3.8, 4) is 0 Å². The van der Waals surface area contributed by atoms with Gasteiger partial charge in [0.2, 0.25) is 5.89 Å². The van der Waals surface area contributed by atoms with Crippen LogP contribution in [0.3, 0.4) is 0 Å². The summed E-state index contributed by atoms with van der Waals surface area (Å²) in [5.74, 6) is 1.28. The van der Waals surface area contributed by atoms with E-state index in [9.17, 15) is 0 Å². The molecule has 1 aromatic heterocycles. The Morgan fingerprint density at radius 2 is 2.10 bits per heavy atom. The molecule has 0 saturated carbocycles. The summed E-state index contributed by atoms with van der Waals surface area (Å²) in [6.07, 6.45) is 6.39. The van der Waals surface area contributed by atoms with Crippen LogP contribution in [0.2, 0.25) is 0 Å². The van der Waals surface area contributed by atoms with E-state index in [-0.39, 0.29) is 12.4 Å². The van der Waals surface area contributed by atoms with Crippen LogP contribution in [-0.2, 0) is 12.1 Å². The van der Waals surface area contributed by atoms with Gasteiger partial charge in [0.05, 0.1) is 12.1 Å². The second-order valence-electron chi connectivity index (χ2n) is 6.12. The van der Waals surface area contributed by atoms with Gasteiger partial charge in [-0.15, -0.1) is 12.4 Å². The zero-order valence-corrected chi connectivity index (χ0v) is 13.6. The zero-order valence-electron chi connectivity index (χ0n) is 12.8. The Labute approximate surface area is 127 Å². The standard InChI is InChI=1S/C14H26N4O.ClH/c1-4-11-8-6-5-7-9-18(11)10-12-16-13(17-19-12)14(2,3)15;/h11H,4-10,15H2,1-3H3;1H. The van der Waals surface area contributed by atoms with Crippen LogP contribution in [0.15, 0.2) is 4.52 Å². The molecule has 1 aromatic rings. The van der Waals surface area contributed by atoms with Crippen LogP contribution in [0.1, 0.15) is 64.6 Å². The molecule has 0 radical (unpaired) electrons. The van der Waals surface area contributed by atoms with Crippen LogP contribution in [0.25, 0.3) is 0 Å². The lowest BCUT2D eigenvalue weighted by atomic mass is 10.1. The van der Waals surface area contributed by atoms with Gasteiger partial charge < -0.3 is 10.3 Å². The number of nitrogens with zero attached hydrogens (tertiary/aromatic N) is 3. The van der Waals surface area contributed by atoms with Crippen molar-refractivity contribution in [2.24, 2.45) is 5.73 Å². The minimum atomic E-state index is -0.537. The normalized spacial score (nSPS) is 21.3. The minimum absolute atomic E-state index is 0. The van der Waals surface area contributed by atoms with Gasteiger partial charge in [-0.1, -0.05) is 24.9 Å². The highest BCUT2D eigenvalue weighted by Gasteiger charge is 2.25. The second-order valence-corrected chi connectivity index (χ2v) is 6.12. The van der Waals surface area contributed by atoms with Gasteiger partial charge in [0.1, 0.15) is 0 Å². The number of hydrogen-bond acceptors (Lipinski definition) is 5. The third kappa shape index (κ3) is 4.43. The second kappa shape index (κ2) is 7.38. The fraction of sp³-hybridized carbons (Fsp3) is 0.857. The van der Waals surface area contributed by atoms with Crippen molar-refractivity contribution in [2.45, 2.75) is 71.0 Å². The average molecular weight is 303 g/mol. The van der Waals surface area contributed by atoms with Gasteiger partial charge in [-0.3, -0.25) is 4.90 Å². The Morgan fingerprint density at radius 3 is 2.70 bits per heavy atom. The third-order valence-corrected chi connectivity index (χ3v) is 3.85. The molecule has 5 nitrogen and oxygen atoms in total. The van der Waals surface area contributed by atoms with E-state index in [2.05, 4.69) is 22.0 Å². The van der Waals surface area contributed by atoms with Crippen LogP contribution < -0.4 is 5.73 Å². The largest absolute Gasteiger partial charge is 0.338 e. The molecule has 2 N–H and O–H groups in total. The quantitative estimate of drug-likeness (QED) is 0.926. The van der Waals surface area contributed by atoms with Crippen molar-refractivity contribution < 1.29 is 4.52 Å². The van der Waals surface area contributed by atoms with Crippen molar-refractivity contribution in [1.82, 2.24) is 15.0 Å². The SMILES string of the molecule is CCC1CCCCCN1Cc1nc(C(C)(C)N)no1.Cl. The molecule has 1 fully saturated rings. The first-order valence-electron chi connectivity index (χ1n) is 7.36. The molecular weight excluding hydrogens is 276 g/mol. The van der Waals surface area contributed by atoms with Crippen molar-refractivity contribution in [1.29, 1.82) is 0 Å². The van der Waals surface area contributed by atoms with Gasteiger partial charge in [0, 0.05) is 6.04 Å². The summed E-state index contributed by atoms with van der Waals surface area (Å²) in [6, 6.07) is 0.642. The molecule has 1 aliphatic rings. The van der Waals surface area contributed by atoms with E-state index in [1.807, 2.05) is 13.8 Å². The molecular formula is C14H27ClN4O. The van der Waals surface area contributed by atoms with Gasteiger partial charge >= 0.3 is 0 Å². The van der Waals surface area contributed by atoms with E-state index in [0.717, 1.165) is 13.1 Å². The summed E-state index contributed by atoms with van der Waals surface area (Å²) in [4.78, 5) is 6.91. The smallest absolute Gasteiger partial charge is 0.240 e. The lowest BCUT2D eigenvalue weighted by Crippen LogP contribution is -2.34. The van der Waals surface area contributed by atoms with Crippen LogP contribution in [0, 0.1) is 0 Å². The summed E-state index contributed by atoms with van der Waals surface area (Å²) < 4.78 is 5.34. The number of rotatable bonds is 4. The molecule has 0 aliphatic carbocycles. The fourth-order valence-electron chi connectivity index (χ4n) is 2.66. The Balaban J connectivity index is 0.00000200. The number of hydrogen-bond donors (Lipinski definition) is 1. The monoisotopic (exact) mass is 302 g/mol. The molecule has 20 heavy (non-hydrogen) atoms. The van der Waals surface area contributed by atoms with Crippen molar-refractivity contribution in [2.75, 3.05) is 6.54 Å². The Hall–Kier alpha value is -0.650. The lowest BCUT2D eigenvalue weighted by molar-refractivity contribution is 0.163. The maximum absolute atomic E-state index is 5.98. The fourth-order valence-corrected chi connectivity index (χ4v) is 2.66. The maximum Gasteiger partial charge on any atom is 0.240 e. The summed E-state index contributed by atoms with van der Waals surface area (Å²) >= 11 is 0. The molecule has 1 unspecified atom stereocenters. The van der Waals surface area contributed by atoms with Crippen LogP contribution in [0.5, 0.6) is 0 Å². The number of likely N-dealkylation sites (tertiary alicyclic amines) is 1. The molecule has 1 atom stereocenters. The summed E-state index contributed by atoms with van der Waals surface area (Å²) in [6.45, 7) is 7.92. The predicted octanol–water partition coefficient (Wildman–Crippen LogP) is 2.84. The molecule has 0 spiro atoms. The highest BCUT2D eigenvalue weighted by atomic mass is 35.5. The summed E-state index contributed by atoms with van der Waals surface area (Å²) in [7, 11) is 0. The van der Waals surface area contributed by atoms with E-state index < -0.39 is 5.54 Å². The van der Waals surface area contributed by atoms with Gasteiger partial charge in [0.25, 0.3) is 0 Å². The number of halogens is 1. The molecule has 1 saturated heterocycles. The molecule has 0 bridgehead atoms. The highest BCUT2D eigenvalue weighted by Crippen LogP contribution is 2.21. The van der Waals surface area contributed by atoms with E-state index in [4.69, 9.17) is 10.3 Å².